The lowest BCUT2D eigenvalue weighted by Gasteiger charge is -2.09. The molecule has 0 unspecified atom stereocenters. The standard InChI is InChI=1S/C14H20N4/c1-11(2)6-7-16-13-4-5-14(17-10-13)18-9-8-15-12(18)3/h4-5,8-11,16H,6-7H2,1-3H3. The Morgan fingerprint density at radius 3 is 2.67 bits per heavy atom. The Hall–Kier alpha value is -1.84. The lowest BCUT2D eigenvalue weighted by atomic mass is 10.1. The van der Waals surface area contributed by atoms with Crippen molar-refractivity contribution in [2.75, 3.05) is 11.9 Å². The van der Waals surface area contributed by atoms with E-state index in [9.17, 15) is 0 Å². The van der Waals surface area contributed by atoms with Crippen molar-refractivity contribution < 1.29 is 0 Å². The lowest BCUT2D eigenvalue weighted by Crippen LogP contribution is -2.05. The maximum Gasteiger partial charge on any atom is 0.138 e. The first-order valence-corrected chi connectivity index (χ1v) is 6.37. The van der Waals surface area contributed by atoms with E-state index in [1.54, 1.807) is 6.20 Å². The topological polar surface area (TPSA) is 42.7 Å². The highest BCUT2D eigenvalue weighted by atomic mass is 15.1. The molecule has 2 rings (SSSR count). The predicted molar refractivity (Wildman–Crippen MR) is 74.0 cm³/mol. The van der Waals surface area contributed by atoms with Crippen LogP contribution in [0.15, 0.2) is 30.7 Å². The van der Waals surface area contributed by atoms with Crippen LogP contribution in [0.4, 0.5) is 5.69 Å². The van der Waals surface area contributed by atoms with Gasteiger partial charge in [0.2, 0.25) is 0 Å². The maximum absolute atomic E-state index is 4.44. The van der Waals surface area contributed by atoms with E-state index < -0.39 is 0 Å². The highest BCUT2D eigenvalue weighted by Gasteiger charge is 2.01. The van der Waals surface area contributed by atoms with E-state index >= 15 is 0 Å². The van der Waals surface area contributed by atoms with Gasteiger partial charge in [-0.25, -0.2) is 9.97 Å². The van der Waals surface area contributed by atoms with Crippen molar-refractivity contribution in [3.05, 3.63) is 36.5 Å². The monoisotopic (exact) mass is 244 g/mol. The predicted octanol–water partition coefficient (Wildman–Crippen LogP) is 3.03. The van der Waals surface area contributed by atoms with Crippen LogP contribution in [0.25, 0.3) is 5.82 Å². The van der Waals surface area contributed by atoms with Gasteiger partial charge in [0.25, 0.3) is 0 Å². The molecular weight excluding hydrogens is 224 g/mol. The van der Waals surface area contributed by atoms with Gasteiger partial charge in [-0.3, -0.25) is 4.57 Å². The van der Waals surface area contributed by atoms with Crippen LogP contribution in [0.5, 0.6) is 0 Å². The van der Waals surface area contributed by atoms with Crippen molar-refractivity contribution in [3.8, 4) is 5.82 Å². The number of rotatable bonds is 5. The van der Waals surface area contributed by atoms with Gasteiger partial charge in [-0.1, -0.05) is 13.8 Å². The van der Waals surface area contributed by atoms with E-state index in [0.29, 0.717) is 0 Å². The molecule has 1 N–H and O–H groups in total. The minimum atomic E-state index is 0.721. The summed E-state index contributed by atoms with van der Waals surface area (Å²) in [7, 11) is 0. The molecule has 0 spiro atoms. The molecule has 0 saturated carbocycles. The summed E-state index contributed by atoms with van der Waals surface area (Å²) in [5, 5.41) is 3.38. The molecule has 2 aromatic rings. The number of imidazole rings is 1. The largest absolute Gasteiger partial charge is 0.384 e. The van der Waals surface area contributed by atoms with Crippen molar-refractivity contribution in [2.24, 2.45) is 5.92 Å². The quantitative estimate of drug-likeness (QED) is 0.879. The fourth-order valence-electron chi connectivity index (χ4n) is 1.76. The molecule has 0 saturated heterocycles. The number of aromatic nitrogens is 3. The van der Waals surface area contributed by atoms with Crippen molar-refractivity contribution in [2.45, 2.75) is 27.2 Å². The minimum Gasteiger partial charge on any atom is -0.384 e. The zero-order valence-corrected chi connectivity index (χ0v) is 11.2. The normalized spacial score (nSPS) is 10.9. The van der Waals surface area contributed by atoms with Crippen molar-refractivity contribution in [1.82, 2.24) is 14.5 Å². The van der Waals surface area contributed by atoms with Crippen molar-refractivity contribution >= 4 is 5.69 Å². The zero-order chi connectivity index (χ0) is 13.0. The fraction of sp³-hybridized carbons (Fsp3) is 0.429. The van der Waals surface area contributed by atoms with Gasteiger partial charge < -0.3 is 5.32 Å². The molecule has 0 aromatic carbocycles. The van der Waals surface area contributed by atoms with E-state index in [1.807, 2.05) is 30.0 Å². The Morgan fingerprint density at radius 1 is 1.28 bits per heavy atom. The molecule has 0 fully saturated rings. The van der Waals surface area contributed by atoms with Gasteiger partial charge in [-0.2, -0.15) is 0 Å². The zero-order valence-electron chi connectivity index (χ0n) is 11.2. The molecular formula is C14H20N4. The number of anilines is 1. The first-order valence-electron chi connectivity index (χ1n) is 6.37. The summed E-state index contributed by atoms with van der Waals surface area (Å²) in [5.74, 6) is 2.57. The van der Waals surface area contributed by atoms with Crippen LogP contribution in [0.1, 0.15) is 26.1 Å². The summed E-state index contributed by atoms with van der Waals surface area (Å²) in [5.41, 5.74) is 1.07. The lowest BCUT2D eigenvalue weighted by molar-refractivity contribution is 0.607. The first kappa shape index (κ1) is 12.6. The number of hydrogen-bond donors (Lipinski definition) is 1. The third kappa shape index (κ3) is 3.09. The SMILES string of the molecule is Cc1nccn1-c1ccc(NCCC(C)C)cn1. The van der Waals surface area contributed by atoms with Crippen LogP contribution >= 0.6 is 0 Å². The maximum atomic E-state index is 4.44. The number of nitrogens with one attached hydrogen (secondary N) is 1. The smallest absolute Gasteiger partial charge is 0.138 e. The van der Waals surface area contributed by atoms with Crippen LogP contribution in [-0.4, -0.2) is 21.1 Å². The fourth-order valence-corrected chi connectivity index (χ4v) is 1.76. The van der Waals surface area contributed by atoms with Crippen LogP contribution in [0.3, 0.4) is 0 Å². The highest BCUT2D eigenvalue weighted by Crippen LogP contribution is 2.11. The van der Waals surface area contributed by atoms with Crippen molar-refractivity contribution in [1.29, 1.82) is 0 Å². The first-order chi connectivity index (χ1) is 8.66. The third-order valence-corrected chi connectivity index (χ3v) is 2.87. The molecule has 0 amide bonds. The molecule has 2 heterocycles. The molecule has 18 heavy (non-hydrogen) atoms. The Morgan fingerprint density at radius 2 is 2.11 bits per heavy atom. The molecule has 0 atom stereocenters. The average molecular weight is 244 g/mol. The summed E-state index contributed by atoms with van der Waals surface area (Å²) < 4.78 is 1.97. The van der Waals surface area contributed by atoms with Gasteiger partial charge in [0.15, 0.2) is 0 Å². The second-order valence-electron chi connectivity index (χ2n) is 4.86. The number of hydrogen-bond acceptors (Lipinski definition) is 3. The molecule has 0 radical (unpaired) electrons. The van der Waals surface area contributed by atoms with Gasteiger partial charge in [-0.05, 0) is 31.4 Å². The second kappa shape index (κ2) is 5.67. The second-order valence-corrected chi connectivity index (χ2v) is 4.86. The molecule has 0 aliphatic carbocycles. The molecule has 2 aromatic heterocycles. The molecule has 0 aliphatic heterocycles. The molecule has 0 bridgehead atoms. The molecule has 4 heteroatoms. The van der Waals surface area contributed by atoms with E-state index in [4.69, 9.17) is 0 Å². The Kier molecular flexibility index (Phi) is 3.97. The summed E-state index contributed by atoms with van der Waals surface area (Å²) in [6.45, 7) is 7.41. The Bertz CT molecular complexity index is 485. The van der Waals surface area contributed by atoms with Gasteiger partial charge >= 0.3 is 0 Å². The number of nitrogens with zero attached hydrogens (tertiary/aromatic N) is 3. The summed E-state index contributed by atoms with van der Waals surface area (Å²) in [6, 6.07) is 4.06. The van der Waals surface area contributed by atoms with Gasteiger partial charge in [0.1, 0.15) is 11.6 Å². The Labute approximate surface area is 108 Å². The summed E-state index contributed by atoms with van der Waals surface area (Å²) in [4.78, 5) is 8.63. The van der Waals surface area contributed by atoms with Crippen LogP contribution in [-0.2, 0) is 0 Å². The van der Waals surface area contributed by atoms with Crippen LogP contribution < -0.4 is 5.32 Å². The van der Waals surface area contributed by atoms with Gasteiger partial charge in [0.05, 0.1) is 11.9 Å². The minimum absolute atomic E-state index is 0.721. The molecule has 4 nitrogen and oxygen atoms in total. The van der Waals surface area contributed by atoms with E-state index in [-0.39, 0.29) is 0 Å². The summed E-state index contributed by atoms with van der Waals surface area (Å²) in [6.07, 6.45) is 6.74. The highest BCUT2D eigenvalue weighted by molar-refractivity contribution is 5.43. The van der Waals surface area contributed by atoms with Crippen LogP contribution in [0.2, 0.25) is 0 Å². The summed E-state index contributed by atoms with van der Waals surface area (Å²) >= 11 is 0. The van der Waals surface area contributed by atoms with Crippen LogP contribution in [0, 0.1) is 12.8 Å². The van der Waals surface area contributed by atoms with E-state index in [1.165, 1.54) is 6.42 Å². The van der Waals surface area contributed by atoms with Gasteiger partial charge in [-0.15, -0.1) is 0 Å². The van der Waals surface area contributed by atoms with E-state index in [2.05, 4.69) is 35.2 Å². The third-order valence-electron chi connectivity index (χ3n) is 2.87. The molecule has 96 valence electrons. The number of aryl methyl sites for hydroxylation is 1. The Balaban J connectivity index is 2.00. The number of pyridine rings is 1. The average Bonchev–Trinajstić information content (AvgIpc) is 2.76. The van der Waals surface area contributed by atoms with Gasteiger partial charge in [0, 0.05) is 18.9 Å². The molecule has 0 aliphatic rings. The van der Waals surface area contributed by atoms with Crippen molar-refractivity contribution in [3.63, 3.8) is 0 Å². The van der Waals surface area contributed by atoms with E-state index in [0.717, 1.165) is 29.8 Å².